The summed E-state index contributed by atoms with van der Waals surface area (Å²) in [5.74, 6) is 1.56. The summed E-state index contributed by atoms with van der Waals surface area (Å²) < 4.78 is 20.8. The zero-order chi connectivity index (χ0) is 10.3. The zero-order valence-electron chi connectivity index (χ0n) is 7.78. The molecule has 0 radical (unpaired) electrons. The Morgan fingerprint density at radius 2 is 2.23 bits per heavy atom. The van der Waals surface area contributed by atoms with E-state index in [4.69, 9.17) is 10.9 Å². The molecule has 0 amide bonds. The lowest BCUT2D eigenvalue weighted by Crippen LogP contribution is -2.11. The van der Waals surface area contributed by atoms with Crippen LogP contribution >= 0.6 is 7.37 Å². The van der Waals surface area contributed by atoms with Crippen LogP contribution in [0.5, 0.6) is 0 Å². The molecule has 0 spiro atoms. The highest BCUT2D eigenvalue weighted by atomic mass is 31.2. The van der Waals surface area contributed by atoms with Gasteiger partial charge < -0.3 is 9.26 Å². The fraction of sp³-hybridized carbons (Fsp3) is 0.625. The molecule has 0 saturated carbocycles. The van der Waals surface area contributed by atoms with Gasteiger partial charge in [0.25, 0.3) is 0 Å². The van der Waals surface area contributed by atoms with Crippen molar-refractivity contribution in [3.63, 3.8) is 0 Å². The number of terminal acetylenes is 1. The second kappa shape index (κ2) is 5.80. The molecule has 13 heavy (non-hydrogen) atoms. The van der Waals surface area contributed by atoms with E-state index in [1.807, 2.05) is 0 Å². The first kappa shape index (κ1) is 12.2. The van der Waals surface area contributed by atoms with E-state index in [1.54, 1.807) is 6.92 Å². The third kappa shape index (κ3) is 6.39. The minimum absolute atomic E-state index is 0.0923. The van der Waals surface area contributed by atoms with Gasteiger partial charge in [0.05, 0.1) is 6.61 Å². The Morgan fingerprint density at radius 1 is 1.62 bits per heavy atom. The van der Waals surface area contributed by atoms with E-state index in [9.17, 15) is 9.36 Å². The van der Waals surface area contributed by atoms with Gasteiger partial charge in [0.15, 0.2) is 6.61 Å². The summed E-state index contributed by atoms with van der Waals surface area (Å²) in [5.41, 5.74) is 0. The van der Waals surface area contributed by atoms with E-state index in [0.717, 1.165) is 0 Å². The van der Waals surface area contributed by atoms with Gasteiger partial charge in [-0.25, -0.2) is 0 Å². The maximum absolute atomic E-state index is 11.4. The van der Waals surface area contributed by atoms with Crippen LogP contribution in [-0.2, 0) is 18.6 Å². The molecule has 0 aliphatic rings. The summed E-state index contributed by atoms with van der Waals surface area (Å²) in [6, 6.07) is 0. The number of ether oxygens (including phenoxy) is 1. The second-order valence-electron chi connectivity index (χ2n) is 2.45. The molecule has 0 aliphatic carbocycles. The SMILES string of the molecule is C#CCOC(=O)CP(C)(=O)OCC. The lowest BCUT2D eigenvalue weighted by atomic mass is 10.7. The molecule has 1 unspecified atom stereocenters. The molecule has 74 valence electrons. The van der Waals surface area contributed by atoms with Crippen molar-refractivity contribution in [2.24, 2.45) is 0 Å². The molecule has 0 heterocycles. The van der Waals surface area contributed by atoms with Crippen LogP contribution in [-0.4, -0.2) is 32.0 Å². The van der Waals surface area contributed by atoms with Gasteiger partial charge in [-0.2, -0.15) is 0 Å². The van der Waals surface area contributed by atoms with E-state index in [0.29, 0.717) is 6.61 Å². The molecule has 0 rings (SSSR count). The Kier molecular flexibility index (Phi) is 5.45. The molecular formula is C8H13O4P. The van der Waals surface area contributed by atoms with Gasteiger partial charge in [-0.3, -0.25) is 9.36 Å². The summed E-state index contributed by atoms with van der Waals surface area (Å²) in [6.07, 6.45) is 4.65. The summed E-state index contributed by atoms with van der Waals surface area (Å²) in [6.45, 7) is 3.33. The third-order valence-corrected chi connectivity index (χ3v) is 2.77. The fourth-order valence-corrected chi connectivity index (χ4v) is 1.92. The number of esters is 1. The summed E-state index contributed by atoms with van der Waals surface area (Å²) in [4.78, 5) is 10.9. The summed E-state index contributed by atoms with van der Waals surface area (Å²) in [5, 5.41) is 0. The topological polar surface area (TPSA) is 52.6 Å². The average molecular weight is 204 g/mol. The van der Waals surface area contributed by atoms with Crippen molar-refractivity contribution in [1.82, 2.24) is 0 Å². The van der Waals surface area contributed by atoms with Gasteiger partial charge in [0.1, 0.15) is 6.16 Å². The Bertz CT molecular complexity index is 253. The summed E-state index contributed by atoms with van der Waals surface area (Å²) >= 11 is 0. The maximum atomic E-state index is 11.4. The van der Waals surface area contributed by atoms with Crippen LogP contribution in [0.4, 0.5) is 0 Å². The number of hydrogen-bond acceptors (Lipinski definition) is 4. The molecule has 5 heteroatoms. The van der Waals surface area contributed by atoms with Gasteiger partial charge in [0, 0.05) is 6.66 Å². The average Bonchev–Trinajstić information content (AvgIpc) is 1.99. The van der Waals surface area contributed by atoms with Crippen molar-refractivity contribution in [2.45, 2.75) is 6.92 Å². The monoisotopic (exact) mass is 204 g/mol. The van der Waals surface area contributed by atoms with Crippen LogP contribution in [0.25, 0.3) is 0 Å². The maximum Gasteiger partial charge on any atom is 0.316 e. The molecule has 1 atom stereocenters. The quantitative estimate of drug-likeness (QED) is 0.382. The largest absolute Gasteiger partial charge is 0.452 e. The lowest BCUT2D eigenvalue weighted by molar-refractivity contribution is -0.139. The molecule has 0 aromatic carbocycles. The van der Waals surface area contributed by atoms with Gasteiger partial charge >= 0.3 is 5.97 Å². The predicted molar refractivity (Wildman–Crippen MR) is 49.8 cm³/mol. The van der Waals surface area contributed by atoms with E-state index in [1.165, 1.54) is 6.66 Å². The van der Waals surface area contributed by atoms with E-state index < -0.39 is 13.3 Å². The minimum Gasteiger partial charge on any atom is -0.452 e. The normalized spacial score (nSPS) is 14.2. The number of rotatable bonds is 5. The Hall–Kier alpha value is -0.780. The van der Waals surface area contributed by atoms with Crippen molar-refractivity contribution in [3.8, 4) is 12.3 Å². The van der Waals surface area contributed by atoms with E-state index >= 15 is 0 Å². The molecule has 4 nitrogen and oxygen atoms in total. The lowest BCUT2D eigenvalue weighted by Gasteiger charge is -2.10. The molecule has 0 aromatic rings. The first-order valence-electron chi connectivity index (χ1n) is 3.82. The highest BCUT2D eigenvalue weighted by Gasteiger charge is 2.20. The Morgan fingerprint density at radius 3 is 2.69 bits per heavy atom. The van der Waals surface area contributed by atoms with Crippen LogP contribution in [0.15, 0.2) is 0 Å². The molecule has 0 N–H and O–H groups in total. The van der Waals surface area contributed by atoms with Gasteiger partial charge in [-0.15, -0.1) is 6.42 Å². The fourth-order valence-electron chi connectivity index (χ4n) is 0.721. The van der Waals surface area contributed by atoms with Crippen LogP contribution in [0.1, 0.15) is 6.92 Å². The summed E-state index contributed by atoms with van der Waals surface area (Å²) in [7, 11) is -2.83. The highest BCUT2D eigenvalue weighted by molar-refractivity contribution is 7.59. The highest BCUT2D eigenvalue weighted by Crippen LogP contribution is 2.41. The molecule has 0 saturated heterocycles. The van der Waals surface area contributed by atoms with Gasteiger partial charge in [-0.1, -0.05) is 5.92 Å². The van der Waals surface area contributed by atoms with Crippen molar-refractivity contribution < 1.29 is 18.6 Å². The first-order chi connectivity index (χ1) is 6.02. The smallest absolute Gasteiger partial charge is 0.316 e. The minimum atomic E-state index is -2.83. The second-order valence-corrected chi connectivity index (χ2v) is 5.06. The predicted octanol–water partition coefficient (Wildman–Crippen LogP) is 1.11. The van der Waals surface area contributed by atoms with Crippen LogP contribution in [0.3, 0.4) is 0 Å². The van der Waals surface area contributed by atoms with Gasteiger partial charge in [-0.05, 0) is 6.92 Å². The molecule has 0 aromatic heterocycles. The van der Waals surface area contributed by atoms with Crippen molar-refractivity contribution in [1.29, 1.82) is 0 Å². The zero-order valence-corrected chi connectivity index (χ0v) is 8.67. The Labute approximate surface area is 78.1 Å². The molecular weight excluding hydrogens is 191 g/mol. The van der Waals surface area contributed by atoms with Crippen molar-refractivity contribution in [3.05, 3.63) is 0 Å². The van der Waals surface area contributed by atoms with Crippen molar-refractivity contribution >= 4 is 13.3 Å². The molecule has 0 bridgehead atoms. The molecule has 0 fully saturated rings. The number of hydrogen-bond donors (Lipinski definition) is 0. The van der Waals surface area contributed by atoms with E-state index in [-0.39, 0.29) is 12.8 Å². The first-order valence-corrected chi connectivity index (χ1v) is 6.07. The van der Waals surface area contributed by atoms with Crippen LogP contribution in [0.2, 0.25) is 0 Å². The van der Waals surface area contributed by atoms with Crippen LogP contribution < -0.4 is 0 Å². The molecule has 0 aliphatic heterocycles. The van der Waals surface area contributed by atoms with E-state index in [2.05, 4.69) is 10.7 Å². The standard InChI is InChI=1S/C8H13O4P/c1-4-6-11-8(9)7-13(3,10)12-5-2/h1H,5-7H2,2-3H3. The Balaban J connectivity index is 3.91. The number of carbonyl (C=O) groups is 1. The third-order valence-electron chi connectivity index (χ3n) is 1.13. The number of carbonyl (C=O) groups excluding carboxylic acids is 1. The van der Waals surface area contributed by atoms with Crippen molar-refractivity contribution in [2.75, 3.05) is 26.0 Å². The van der Waals surface area contributed by atoms with Gasteiger partial charge in [0.2, 0.25) is 7.37 Å². The van der Waals surface area contributed by atoms with Crippen LogP contribution in [0, 0.1) is 12.3 Å².